The van der Waals surface area contributed by atoms with E-state index in [0.717, 1.165) is 36.1 Å². The van der Waals surface area contributed by atoms with Crippen LogP contribution in [-0.2, 0) is 11.3 Å². The predicted molar refractivity (Wildman–Crippen MR) is 67.3 cm³/mol. The van der Waals surface area contributed by atoms with Crippen LogP contribution in [0.5, 0.6) is 0 Å². The van der Waals surface area contributed by atoms with E-state index < -0.39 is 5.97 Å². The molecule has 18 heavy (non-hydrogen) atoms. The van der Waals surface area contributed by atoms with Crippen LogP contribution in [0.25, 0.3) is 11.0 Å². The van der Waals surface area contributed by atoms with E-state index in [2.05, 4.69) is 0 Å². The molecule has 1 fully saturated rings. The van der Waals surface area contributed by atoms with Crippen LogP contribution in [0.15, 0.2) is 34.7 Å². The first kappa shape index (κ1) is 11.3. The molecule has 1 saturated heterocycles. The Morgan fingerprint density at radius 2 is 2.28 bits per heavy atom. The smallest absolute Gasteiger partial charge is 0.320 e. The van der Waals surface area contributed by atoms with Gasteiger partial charge in [-0.15, -0.1) is 0 Å². The topological polar surface area (TPSA) is 53.7 Å². The van der Waals surface area contributed by atoms with E-state index in [9.17, 15) is 4.79 Å². The summed E-state index contributed by atoms with van der Waals surface area (Å²) < 4.78 is 5.72. The zero-order valence-electron chi connectivity index (χ0n) is 10.0. The van der Waals surface area contributed by atoms with Crippen molar-refractivity contribution in [3.8, 4) is 0 Å². The van der Waals surface area contributed by atoms with Gasteiger partial charge in [-0.05, 0) is 31.5 Å². The van der Waals surface area contributed by atoms with Gasteiger partial charge in [-0.1, -0.05) is 18.2 Å². The number of benzene rings is 1. The number of rotatable bonds is 3. The minimum absolute atomic E-state index is 0.363. The molecule has 0 aliphatic carbocycles. The van der Waals surface area contributed by atoms with Crippen molar-refractivity contribution >= 4 is 16.9 Å². The lowest BCUT2D eigenvalue weighted by molar-refractivity contribution is -0.142. The number of carbonyl (C=O) groups is 1. The van der Waals surface area contributed by atoms with Gasteiger partial charge in [0, 0.05) is 5.39 Å². The summed E-state index contributed by atoms with van der Waals surface area (Å²) in [5, 5.41) is 10.2. The van der Waals surface area contributed by atoms with E-state index in [1.807, 2.05) is 35.2 Å². The molecule has 2 aromatic rings. The highest BCUT2D eigenvalue weighted by Crippen LogP contribution is 2.24. The van der Waals surface area contributed by atoms with Crippen LogP contribution >= 0.6 is 0 Å². The molecule has 1 atom stereocenters. The van der Waals surface area contributed by atoms with Gasteiger partial charge >= 0.3 is 5.97 Å². The summed E-state index contributed by atoms with van der Waals surface area (Å²) in [6.07, 6.45) is 1.67. The van der Waals surface area contributed by atoms with Crippen LogP contribution in [0.4, 0.5) is 0 Å². The molecule has 94 valence electrons. The molecule has 1 aliphatic rings. The molecule has 2 heterocycles. The summed E-state index contributed by atoms with van der Waals surface area (Å²) in [5.74, 6) is 0.105. The molecule has 1 aliphatic heterocycles. The first-order chi connectivity index (χ1) is 8.74. The Bertz CT molecular complexity index is 542. The second-order valence-electron chi connectivity index (χ2n) is 4.72. The van der Waals surface area contributed by atoms with E-state index in [0.29, 0.717) is 6.54 Å². The molecular formula is C14H15NO3. The van der Waals surface area contributed by atoms with E-state index in [-0.39, 0.29) is 6.04 Å². The molecule has 1 unspecified atom stereocenters. The highest BCUT2D eigenvalue weighted by molar-refractivity contribution is 5.77. The zero-order chi connectivity index (χ0) is 12.5. The Morgan fingerprint density at radius 3 is 3.06 bits per heavy atom. The maximum absolute atomic E-state index is 11.1. The summed E-state index contributed by atoms with van der Waals surface area (Å²) in [6, 6.07) is 9.46. The Balaban J connectivity index is 1.81. The predicted octanol–water partition coefficient (Wildman–Crippen LogP) is 2.48. The number of likely N-dealkylation sites (tertiary alicyclic amines) is 1. The van der Waals surface area contributed by atoms with Crippen molar-refractivity contribution in [3.05, 3.63) is 36.1 Å². The monoisotopic (exact) mass is 245 g/mol. The maximum Gasteiger partial charge on any atom is 0.320 e. The number of aliphatic carboxylic acids is 1. The molecular weight excluding hydrogens is 230 g/mol. The fraction of sp³-hybridized carbons (Fsp3) is 0.357. The number of para-hydroxylation sites is 1. The third kappa shape index (κ3) is 1.99. The van der Waals surface area contributed by atoms with Gasteiger partial charge < -0.3 is 9.52 Å². The molecule has 3 rings (SSSR count). The van der Waals surface area contributed by atoms with Crippen molar-refractivity contribution in [1.29, 1.82) is 0 Å². The van der Waals surface area contributed by atoms with Crippen molar-refractivity contribution in [3.63, 3.8) is 0 Å². The second kappa shape index (κ2) is 4.46. The summed E-state index contributed by atoms with van der Waals surface area (Å²) in [4.78, 5) is 13.1. The Labute approximate surface area is 105 Å². The maximum atomic E-state index is 11.1. The second-order valence-corrected chi connectivity index (χ2v) is 4.72. The highest BCUT2D eigenvalue weighted by Gasteiger charge is 2.30. The van der Waals surface area contributed by atoms with Gasteiger partial charge in [0.15, 0.2) is 0 Å². The molecule has 4 heteroatoms. The van der Waals surface area contributed by atoms with Gasteiger partial charge in [0.1, 0.15) is 17.4 Å². The van der Waals surface area contributed by atoms with Crippen molar-refractivity contribution in [2.45, 2.75) is 25.4 Å². The lowest BCUT2D eigenvalue weighted by Gasteiger charge is -2.19. The number of furan rings is 1. The highest BCUT2D eigenvalue weighted by atomic mass is 16.4. The zero-order valence-corrected chi connectivity index (χ0v) is 10.0. The largest absolute Gasteiger partial charge is 0.480 e. The van der Waals surface area contributed by atoms with Crippen LogP contribution in [0.1, 0.15) is 18.6 Å². The van der Waals surface area contributed by atoms with E-state index in [1.54, 1.807) is 0 Å². The summed E-state index contributed by atoms with van der Waals surface area (Å²) in [7, 11) is 0. The fourth-order valence-corrected chi connectivity index (χ4v) is 2.61. The molecule has 0 radical (unpaired) electrons. The number of nitrogens with zero attached hydrogens (tertiary/aromatic N) is 1. The Hall–Kier alpha value is -1.81. The van der Waals surface area contributed by atoms with Gasteiger partial charge in [-0.25, -0.2) is 0 Å². The number of hydrogen-bond acceptors (Lipinski definition) is 3. The average Bonchev–Trinajstić information content (AvgIpc) is 2.94. The Morgan fingerprint density at radius 1 is 1.44 bits per heavy atom. The lowest BCUT2D eigenvalue weighted by atomic mass is 10.2. The summed E-state index contributed by atoms with van der Waals surface area (Å²) in [5.41, 5.74) is 0.860. The summed E-state index contributed by atoms with van der Waals surface area (Å²) >= 11 is 0. The number of carboxylic acids is 1. The van der Waals surface area contributed by atoms with E-state index in [4.69, 9.17) is 9.52 Å². The molecule has 0 bridgehead atoms. The van der Waals surface area contributed by atoms with Crippen molar-refractivity contribution in [2.75, 3.05) is 6.54 Å². The molecule has 0 saturated carbocycles. The van der Waals surface area contributed by atoms with Crippen LogP contribution in [-0.4, -0.2) is 28.6 Å². The van der Waals surface area contributed by atoms with Gasteiger partial charge in [0.2, 0.25) is 0 Å². The van der Waals surface area contributed by atoms with Crippen molar-refractivity contribution in [2.24, 2.45) is 0 Å². The third-order valence-corrected chi connectivity index (χ3v) is 3.48. The normalized spacial score (nSPS) is 20.6. The first-order valence-electron chi connectivity index (χ1n) is 6.18. The first-order valence-corrected chi connectivity index (χ1v) is 6.18. The summed E-state index contributed by atoms with van der Waals surface area (Å²) in [6.45, 7) is 1.40. The molecule has 1 aromatic heterocycles. The third-order valence-electron chi connectivity index (χ3n) is 3.48. The van der Waals surface area contributed by atoms with Crippen molar-refractivity contribution in [1.82, 2.24) is 4.90 Å². The van der Waals surface area contributed by atoms with Crippen LogP contribution in [0.2, 0.25) is 0 Å². The SMILES string of the molecule is O=C(O)C1CCCN1Cc1cc2ccccc2o1. The molecule has 0 spiro atoms. The number of carboxylic acid groups (broad SMARTS) is 1. The van der Waals surface area contributed by atoms with Crippen LogP contribution in [0.3, 0.4) is 0 Å². The average molecular weight is 245 g/mol. The van der Waals surface area contributed by atoms with Crippen LogP contribution < -0.4 is 0 Å². The van der Waals surface area contributed by atoms with Gasteiger partial charge in [-0.2, -0.15) is 0 Å². The van der Waals surface area contributed by atoms with E-state index >= 15 is 0 Å². The standard InChI is InChI=1S/C14H15NO3/c16-14(17)12-5-3-7-15(12)9-11-8-10-4-1-2-6-13(10)18-11/h1-2,4,6,8,12H,3,5,7,9H2,(H,16,17). The fourth-order valence-electron chi connectivity index (χ4n) is 2.61. The number of fused-ring (bicyclic) bond motifs is 1. The lowest BCUT2D eigenvalue weighted by Crippen LogP contribution is -2.35. The molecule has 0 amide bonds. The molecule has 1 aromatic carbocycles. The van der Waals surface area contributed by atoms with Gasteiger partial charge in [0.05, 0.1) is 6.54 Å². The number of hydrogen-bond donors (Lipinski definition) is 1. The van der Waals surface area contributed by atoms with Crippen molar-refractivity contribution < 1.29 is 14.3 Å². The van der Waals surface area contributed by atoms with Gasteiger partial charge in [-0.3, -0.25) is 9.69 Å². The molecule has 1 N–H and O–H groups in total. The minimum Gasteiger partial charge on any atom is -0.480 e. The Kier molecular flexibility index (Phi) is 2.80. The van der Waals surface area contributed by atoms with Gasteiger partial charge in [0.25, 0.3) is 0 Å². The quantitative estimate of drug-likeness (QED) is 0.902. The molecule has 4 nitrogen and oxygen atoms in total. The van der Waals surface area contributed by atoms with Crippen LogP contribution in [0, 0.1) is 0 Å². The van der Waals surface area contributed by atoms with E-state index in [1.165, 1.54) is 0 Å². The minimum atomic E-state index is -0.733.